The molecule has 0 radical (unpaired) electrons. The average molecular weight is 586 g/mol. The first kappa shape index (κ1) is 27.6. The van der Waals surface area contributed by atoms with Crippen LogP contribution >= 0.6 is 46.4 Å². The highest BCUT2D eigenvalue weighted by atomic mass is 35.5. The fourth-order valence-corrected chi connectivity index (χ4v) is 4.47. The number of carbonyl (C=O) groups excluding carboxylic acids is 2. The maximum absolute atomic E-state index is 14.9. The molecule has 0 saturated heterocycles. The minimum absolute atomic E-state index is 0.256. The Morgan fingerprint density at radius 1 is 0.971 bits per heavy atom. The summed E-state index contributed by atoms with van der Waals surface area (Å²) in [4.78, 5) is 24.8. The van der Waals surface area contributed by atoms with E-state index in [1.54, 1.807) is 0 Å². The molecule has 190 valence electrons. The zero-order valence-corrected chi connectivity index (χ0v) is 19.7. The van der Waals surface area contributed by atoms with Crippen molar-refractivity contribution in [2.75, 3.05) is 11.9 Å². The van der Waals surface area contributed by atoms with Crippen LogP contribution in [0.25, 0.3) is 0 Å². The highest BCUT2D eigenvalue weighted by molar-refractivity contribution is 6.53. The van der Waals surface area contributed by atoms with Gasteiger partial charge in [0.15, 0.2) is 5.82 Å². The summed E-state index contributed by atoms with van der Waals surface area (Å²) in [6.45, 7) is -2.17. The SMILES string of the molecule is O=C(NCC(F)(F)C(F)(F)F)c1c(Cl)ccc(NC(=O)[C@H]2[C@H](c3ccc(F)c(Cl)c3)C2(Cl)Cl)c1F. The summed E-state index contributed by atoms with van der Waals surface area (Å²) < 4.78 is 89.7. The number of carbonyl (C=O) groups is 2. The van der Waals surface area contributed by atoms with Crippen molar-refractivity contribution in [3.8, 4) is 0 Å². The van der Waals surface area contributed by atoms with E-state index in [1.165, 1.54) is 17.4 Å². The van der Waals surface area contributed by atoms with Crippen LogP contribution in [0, 0.1) is 17.6 Å². The second-order valence-electron chi connectivity index (χ2n) is 7.46. The molecule has 2 N–H and O–H groups in total. The Morgan fingerprint density at radius 2 is 1.60 bits per heavy atom. The number of hydrogen-bond acceptors (Lipinski definition) is 2. The Bertz CT molecular complexity index is 1190. The molecule has 0 aliphatic heterocycles. The summed E-state index contributed by atoms with van der Waals surface area (Å²) in [5.41, 5.74) is -1.43. The third-order valence-electron chi connectivity index (χ3n) is 5.10. The van der Waals surface area contributed by atoms with Crippen molar-refractivity contribution >= 4 is 63.9 Å². The normalized spacial score (nSPS) is 19.3. The van der Waals surface area contributed by atoms with Gasteiger partial charge in [0.1, 0.15) is 10.2 Å². The molecule has 3 rings (SSSR count). The van der Waals surface area contributed by atoms with Crippen molar-refractivity contribution in [1.82, 2.24) is 5.32 Å². The molecule has 2 aromatic rings. The molecule has 0 bridgehead atoms. The van der Waals surface area contributed by atoms with E-state index in [9.17, 15) is 40.3 Å². The lowest BCUT2D eigenvalue weighted by molar-refractivity contribution is -0.278. The number of halogens is 11. The Hall–Kier alpha value is -1.95. The van der Waals surface area contributed by atoms with Gasteiger partial charge >= 0.3 is 12.1 Å². The molecule has 1 saturated carbocycles. The molecule has 2 aromatic carbocycles. The number of amides is 2. The average Bonchev–Trinajstić information content (AvgIpc) is 3.32. The van der Waals surface area contributed by atoms with E-state index in [0.29, 0.717) is 5.56 Å². The fourth-order valence-electron chi connectivity index (χ4n) is 3.22. The van der Waals surface area contributed by atoms with Gasteiger partial charge in [-0.2, -0.15) is 22.0 Å². The van der Waals surface area contributed by atoms with Crippen molar-refractivity contribution in [1.29, 1.82) is 0 Å². The van der Waals surface area contributed by atoms with Crippen LogP contribution in [0.5, 0.6) is 0 Å². The smallest absolute Gasteiger partial charge is 0.345 e. The first-order chi connectivity index (χ1) is 16.0. The van der Waals surface area contributed by atoms with Crippen LogP contribution in [0.4, 0.5) is 36.4 Å². The Morgan fingerprint density at radius 3 is 2.17 bits per heavy atom. The van der Waals surface area contributed by atoms with Crippen molar-refractivity contribution < 1.29 is 40.3 Å². The van der Waals surface area contributed by atoms with Gasteiger partial charge < -0.3 is 10.6 Å². The maximum Gasteiger partial charge on any atom is 0.455 e. The second-order valence-corrected chi connectivity index (χ2v) is 9.72. The molecular formula is C20H11Cl4F7N2O2. The first-order valence-electron chi connectivity index (χ1n) is 9.33. The molecule has 0 unspecified atom stereocenters. The number of anilines is 1. The van der Waals surface area contributed by atoms with Crippen LogP contribution in [-0.2, 0) is 4.79 Å². The zero-order valence-electron chi connectivity index (χ0n) is 16.7. The summed E-state index contributed by atoms with van der Waals surface area (Å²) in [6.07, 6.45) is -5.95. The van der Waals surface area contributed by atoms with Crippen molar-refractivity contribution in [3.63, 3.8) is 0 Å². The van der Waals surface area contributed by atoms with Crippen molar-refractivity contribution in [3.05, 3.63) is 63.1 Å². The Balaban J connectivity index is 1.79. The lowest BCUT2D eigenvalue weighted by atomic mass is 10.1. The number of benzene rings is 2. The maximum atomic E-state index is 14.9. The van der Waals surface area contributed by atoms with E-state index in [1.807, 2.05) is 0 Å². The monoisotopic (exact) mass is 584 g/mol. The minimum Gasteiger partial charge on any atom is -0.345 e. The van der Waals surface area contributed by atoms with Crippen LogP contribution in [0.3, 0.4) is 0 Å². The van der Waals surface area contributed by atoms with Crippen LogP contribution in [0.15, 0.2) is 30.3 Å². The Kier molecular flexibility index (Phi) is 7.50. The number of nitrogens with one attached hydrogen (secondary N) is 2. The lowest BCUT2D eigenvalue weighted by Crippen LogP contribution is -2.47. The first-order valence-corrected chi connectivity index (χ1v) is 10.8. The standard InChI is InChI=1S/C20H11Cl4F7N2O2/c21-8-2-4-11(15(26)12(8)16(34)32-6-18(27,28)20(29,30)31)33-17(35)14-13(19(14,23)24)7-1-3-10(25)9(22)5-7/h1-5,13-14H,6H2,(H,32,34)(H,33,35)/t13-,14+/m0/s1. The molecular weight excluding hydrogens is 575 g/mol. The van der Waals surface area contributed by atoms with E-state index in [2.05, 4.69) is 5.32 Å². The fraction of sp³-hybridized carbons (Fsp3) is 0.300. The third-order valence-corrected chi connectivity index (χ3v) is 6.65. The second kappa shape index (κ2) is 9.49. The number of hydrogen-bond donors (Lipinski definition) is 2. The summed E-state index contributed by atoms with van der Waals surface area (Å²) in [5, 5.41) is 2.50. The van der Waals surface area contributed by atoms with E-state index in [4.69, 9.17) is 46.4 Å². The minimum atomic E-state index is -5.95. The topological polar surface area (TPSA) is 58.2 Å². The highest BCUT2D eigenvalue weighted by Crippen LogP contribution is 2.65. The molecule has 2 atom stereocenters. The van der Waals surface area contributed by atoms with Crippen molar-refractivity contribution in [2.45, 2.75) is 22.4 Å². The quantitative estimate of drug-likeness (QED) is 0.292. The van der Waals surface area contributed by atoms with Gasteiger partial charge in [-0.3, -0.25) is 9.59 Å². The van der Waals surface area contributed by atoms with Gasteiger partial charge in [0, 0.05) is 5.92 Å². The Labute approximate surface area is 212 Å². The van der Waals surface area contributed by atoms with Gasteiger partial charge in [-0.15, -0.1) is 23.2 Å². The molecule has 1 aliphatic carbocycles. The molecule has 15 heteroatoms. The largest absolute Gasteiger partial charge is 0.455 e. The lowest BCUT2D eigenvalue weighted by Gasteiger charge is -2.20. The molecule has 2 amide bonds. The van der Waals surface area contributed by atoms with Crippen LogP contribution < -0.4 is 10.6 Å². The van der Waals surface area contributed by atoms with Gasteiger partial charge in [-0.1, -0.05) is 29.3 Å². The summed E-state index contributed by atoms with van der Waals surface area (Å²) in [6, 6.07) is 5.36. The van der Waals surface area contributed by atoms with Gasteiger partial charge in [0.05, 0.1) is 33.8 Å². The van der Waals surface area contributed by atoms with Crippen LogP contribution in [0.1, 0.15) is 21.8 Å². The molecule has 1 fully saturated rings. The summed E-state index contributed by atoms with van der Waals surface area (Å²) in [5.74, 6) is -12.2. The molecule has 4 nitrogen and oxygen atoms in total. The van der Waals surface area contributed by atoms with E-state index >= 15 is 0 Å². The van der Waals surface area contributed by atoms with Crippen LogP contribution in [0.2, 0.25) is 10.0 Å². The van der Waals surface area contributed by atoms with E-state index < -0.39 is 74.5 Å². The van der Waals surface area contributed by atoms with E-state index in [0.717, 1.165) is 18.2 Å². The van der Waals surface area contributed by atoms with Gasteiger partial charge in [-0.25, -0.2) is 8.78 Å². The molecule has 35 heavy (non-hydrogen) atoms. The van der Waals surface area contributed by atoms with Gasteiger partial charge in [0.2, 0.25) is 5.91 Å². The number of alkyl halides is 7. The summed E-state index contributed by atoms with van der Waals surface area (Å²) >= 11 is 23.8. The van der Waals surface area contributed by atoms with E-state index in [-0.39, 0.29) is 5.02 Å². The predicted molar refractivity (Wildman–Crippen MR) is 115 cm³/mol. The molecule has 0 heterocycles. The molecule has 0 spiro atoms. The number of rotatable bonds is 6. The molecule has 1 aliphatic rings. The predicted octanol–water partition coefficient (Wildman–Crippen LogP) is 6.73. The molecule has 0 aromatic heterocycles. The third kappa shape index (κ3) is 5.42. The van der Waals surface area contributed by atoms with Gasteiger partial charge in [-0.05, 0) is 29.8 Å². The van der Waals surface area contributed by atoms with Crippen LogP contribution in [-0.4, -0.2) is 34.8 Å². The zero-order chi connectivity index (χ0) is 26.5. The van der Waals surface area contributed by atoms with Crippen molar-refractivity contribution in [2.24, 2.45) is 5.92 Å². The highest BCUT2D eigenvalue weighted by Gasteiger charge is 2.67. The summed E-state index contributed by atoms with van der Waals surface area (Å²) in [7, 11) is 0. The van der Waals surface area contributed by atoms with Gasteiger partial charge in [0.25, 0.3) is 5.91 Å².